The van der Waals surface area contributed by atoms with Gasteiger partial charge in [0, 0.05) is 30.7 Å². The average Bonchev–Trinajstić information content (AvgIpc) is 2.63. The second kappa shape index (κ2) is 8.18. The Morgan fingerprint density at radius 3 is 2.25 bits per heavy atom. The molecule has 0 unspecified atom stereocenters. The number of hydrogen-bond donors (Lipinski definition) is 2. The predicted octanol–water partition coefficient (Wildman–Crippen LogP) is 3.38. The highest BCUT2D eigenvalue weighted by Crippen LogP contribution is 2.21. The van der Waals surface area contributed by atoms with Gasteiger partial charge in [-0.25, -0.2) is 4.79 Å². The van der Waals surface area contributed by atoms with Gasteiger partial charge in [-0.3, -0.25) is 4.79 Å². The van der Waals surface area contributed by atoms with Crippen molar-refractivity contribution in [3.05, 3.63) is 30.3 Å². The van der Waals surface area contributed by atoms with Crippen LogP contribution in [0.2, 0.25) is 0 Å². The van der Waals surface area contributed by atoms with E-state index in [0.717, 1.165) is 31.4 Å². The largest absolute Gasteiger partial charge is 0.335 e. The third kappa shape index (κ3) is 4.49. The Balaban J connectivity index is 1.43. The minimum atomic E-state index is -0.0102. The first kappa shape index (κ1) is 16.8. The molecule has 1 saturated carbocycles. The maximum atomic E-state index is 12.3. The quantitative estimate of drug-likeness (QED) is 0.893. The predicted molar refractivity (Wildman–Crippen MR) is 94.8 cm³/mol. The SMILES string of the molecule is O=C(Nc1ccccc1)C1CCN(C(=O)NC2CCCCC2)CC1. The molecule has 24 heavy (non-hydrogen) atoms. The van der Waals surface area contributed by atoms with E-state index in [1.54, 1.807) is 0 Å². The van der Waals surface area contributed by atoms with E-state index in [0.29, 0.717) is 19.1 Å². The molecule has 0 aromatic heterocycles. The molecule has 5 heteroatoms. The lowest BCUT2D eigenvalue weighted by atomic mass is 9.95. The second-order valence-corrected chi connectivity index (χ2v) is 6.90. The Morgan fingerprint density at radius 2 is 1.58 bits per heavy atom. The van der Waals surface area contributed by atoms with Gasteiger partial charge in [-0.2, -0.15) is 0 Å². The summed E-state index contributed by atoms with van der Waals surface area (Å²) in [6, 6.07) is 9.92. The highest BCUT2D eigenvalue weighted by Gasteiger charge is 2.28. The number of carbonyl (C=O) groups excluding carboxylic acids is 2. The summed E-state index contributed by atoms with van der Waals surface area (Å²) in [6.45, 7) is 1.32. The molecule has 0 atom stereocenters. The number of nitrogens with one attached hydrogen (secondary N) is 2. The van der Waals surface area contributed by atoms with Gasteiger partial charge in [0.05, 0.1) is 0 Å². The van der Waals surface area contributed by atoms with Gasteiger partial charge in [-0.15, -0.1) is 0 Å². The van der Waals surface area contributed by atoms with Crippen LogP contribution >= 0.6 is 0 Å². The van der Waals surface area contributed by atoms with Crippen molar-refractivity contribution >= 4 is 17.6 Å². The average molecular weight is 329 g/mol. The first-order valence-electron chi connectivity index (χ1n) is 9.14. The van der Waals surface area contributed by atoms with Crippen molar-refractivity contribution in [1.82, 2.24) is 10.2 Å². The van der Waals surface area contributed by atoms with Crippen molar-refractivity contribution in [3.8, 4) is 0 Å². The maximum Gasteiger partial charge on any atom is 0.317 e. The number of hydrogen-bond acceptors (Lipinski definition) is 2. The van der Waals surface area contributed by atoms with Crippen LogP contribution in [-0.2, 0) is 4.79 Å². The smallest absolute Gasteiger partial charge is 0.317 e. The molecular weight excluding hydrogens is 302 g/mol. The van der Waals surface area contributed by atoms with Gasteiger partial charge in [-0.05, 0) is 37.8 Å². The fourth-order valence-electron chi connectivity index (χ4n) is 3.62. The number of rotatable bonds is 3. The number of urea groups is 1. The molecule has 0 spiro atoms. The third-order valence-corrected chi connectivity index (χ3v) is 5.13. The van der Waals surface area contributed by atoms with Crippen molar-refractivity contribution in [2.24, 2.45) is 5.92 Å². The summed E-state index contributed by atoms with van der Waals surface area (Å²) in [5.41, 5.74) is 0.833. The topological polar surface area (TPSA) is 61.4 Å². The lowest BCUT2D eigenvalue weighted by Crippen LogP contribution is -2.49. The number of benzene rings is 1. The van der Waals surface area contributed by atoms with Crippen LogP contribution < -0.4 is 10.6 Å². The summed E-state index contributed by atoms with van der Waals surface area (Å²) in [4.78, 5) is 26.5. The molecule has 1 heterocycles. The van der Waals surface area contributed by atoms with Gasteiger partial charge in [0.2, 0.25) is 5.91 Å². The van der Waals surface area contributed by atoms with Crippen LogP contribution in [0.3, 0.4) is 0 Å². The summed E-state index contributed by atoms with van der Waals surface area (Å²) in [5.74, 6) is 0.0532. The van der Waals surface area contributed by atoms with Gasteiger partial charge in [-0.1, -0.05) is 37.5 Å². The molecule has 0 radical (unpaired) electrons. The minimum absolute atomic E-state index is 0.0102. The Hall–Kier alpha value is -2.04. The molecule has 130 valence electrons. The molecule has 1 saturated heterocycles. The zero-order valence-corrected chi connectivity index (χ0v) is 14.2. The van der Waals surface area contributed by atoms with Crippen molar-refractivity contribution in [1.29, 1.82) is 0 Å². The Labute approximate surface area is 143 Å². The van der Waals surface area contributed by atoms with Crippen molar-refractivity contribution in [2.75, 3.05) is 18.4 Å². The molecule has 2 fully saturated rings. The number of nitrogens with zero attached hydrogens (tertiary/aromatic N) is 1. The zero-order valence-electron chi connectivity index (χ0n) is 14.2. The summed E-state index contributed by atoms with van der Waals surface area (Å²) in [5, 5.41) is 6.12. The minimum Gasteiger partial charge on any atom is -0.335 e. The molecule has 5 nitrogen and oxygen atoms in total. The summed E-state index contributed by atoms with van der Waals surface area (Å²) in [7, 11) is 0. The van der Waals surface area contributed by atoms with E-state index in [1.807, 2.05) is 35.2 Å². The van der Waals surface area contributed by atoms with E-state index in [1.165, 1.54) is 19.3 Å². The molecule has 3 rings (SSSR count). The molecule has 2 N–H and O–H groups in total. The van der Waals surface area contributed by atoms with Crippen molar-refractivity contribution < 1.29 is 9.59 Å². The van der Waals surface area contributed by atoms with E-state index < -0.39 is 0 Å². The Bertz CT molecular complexity index is 547. The molecule has 1 aliphatic heterocycles. The van der Waals surface area contributed by atoms with Gasteiger partial charge in [0.15, 0.2) is 0 Å². The van der Waals surface area contributed by atoms with Crippen LogP contribution in [0.25, 0.3) is 0 Å². The second-order valence-electron chi connectivity index (χ2n) is 6.90. The van der Waals surface area contributed by atoms with Gasteiger partial charge >= 0.3 is 6.03 Å². The summed E-state index contributed by atoms with van der Waals surface area (Å²) in [6.07, 6.45) is 7.38. The normalized spacial score (nSPS) is 19.8. The van der Waals surface area contributed by atoms with Crippen LogP contribution in [0.15, 0.2) is 30.3 Å². The number of likely N-dealkylation sites (tertiary alicyclic amines) is 1. The van der Waals surface area contributed by atoms with Gasteiger partial charge < -0.3 is 15.5 Å². The number of carbonyl (C=O) groups is 2. The lowest BCUT2D eigenvalue weighted by molar-refractivity contribution is -0.121. The van der Waals surface area contributed by atoms with Crippen molar-refractivity contribution in [3.63, 3.8) is 0 Å². The van der Waals surface area contributed by atoms with Crippen LogP contribution in [-0.4, -0.2) is 36.0 Å². The number of para-hydroxylation sites is 1. The third-order valence-electron chi connectivity index (χ3n) is 5.13. The highest BCUT2D eigenvalue weighted by molar-refractivity contribution is 5.92. The molecular formula is C19H27N3O2. The summed E-state index contributed by atoms with van der Waals surface area (Å²) < 4.78 is 0. The number of piperidine rings is 1. The Kier molecular flexibility index (Phi) is 5.72. The van der Waals surface area contributed by atoms with Crippen molar-refractivity contribution in [2.45, 2.75) is 51.0 Å². The first-order valence-corrected chi connectivity index (χ1v) is 9.14. The lowest BCUT2D eigenvalue weighted by Gasteiger charge is -2.33. The molecule has 2 aliphatic rings. The fourth-order valence-corrected chi connectivity index (χ4v) is 3.62. The molecule has 1 aromatic rings. The highest BCUT2D eigenvalue weighted by atomic mass is 16.2. The number of amides is 3. The maximum absolute atomic E-state index is 12.3. The van der Waals surface area contributed by atoms with Gasteiger partial charge in [0.25, 0.3) is 0 Å². The number of anilines is 1. The van der Waals surface area contributed by atoms with E-state index >= 15 is 0 Å². The van der Waals surface area contributed by atoms with Gasteiger partial charge in [0.1, 0.15) is 0 Å². The van der Waals surface area contributed by atoms with E-state index in [9.17, 15) is 9.59 Å². The molecule has 0 bridgehead atoms. The first-order chi connectivity index (χ1) is 11.7. The van der Waals surface area contributed by atoms with Crippen LogP contribution in [0.1, 0.15) is 44.9 Å². The standard InChI is InChI=1S/C19H27N3O2/c23-18(20-16-7-3-1-4-8-16)15-11-13-22(14-12-15)19(24)21-17-9-5-2-6-10-17/h1,3-4,7-8,15,17H,2,5-6,9-14H2,(H,20,23)(H,21,24). The fraction of sp³-hybridized carbons (Fsp3) is 0.579. The van der Waals surface area contributed by atoms with E-state index in [-0.39, 0.29) is 17.9 Å². The van der Waals surface area contributed by atoms with Crippen LogP contribution in [0, 0.1) is 5.92 Å². The monoisotopic (exact) mass is 329 g/mol. The summed E-state index contributed by atoms with van der Waals surface area (Å²) >= 11 is 0. The zero-order chi connectivity index (χ0) is 16.8. The van der Waals surface area contributed by atoms with E-state index in [4.69, 9.17) is 0 Å². The Morgan fingerprint density at radius 1 is 0.917 bits per heavy atom. The molecule has 1 aliphatic carbocycles. The van der Waals surface area contributed by atoms with E-state index in [2.05, 4.69) is 10.6 Å². The van der Waals surface area contributed by atoms with Crippen LogP contribution in [0.5, 0.6) is 0 Å². The van der Waals surface area contributed by atoms with Crippen LogP contribution in [0.4, 0.5) is 10.5 Å². The molecule has 3 amide bonds. The molecule has 1 aromatic carbocycles.